The molecule has 7 nitrogen and oxygen atoms in total. The highest BCUT2D eigenvalue weighted by molar-refractivity contribution is 7.18. The molecule has 0 aliphatic carbocycles. The smallest absolute Gasteiger partial charge is 0.251 e. The van der Waals surface area contributed by atoms with Crippen molar-refractivity contribution in [2.45, 2.75) is 13.0 Å². The highest BCUT2D eigenvalue weighted by Crippen LogP contribution is 2.31. The zero-order chi connectivity index (χ0) is 23.4. The molecule has 3 aromatic rings. The third kappa shape index (κ3) is 5.45. The van der Waals surface area contributed by atoms with Crippen LogP contribution in [-0.4, -0.2) is 48.3 Å². The molecule has 32 heavy (non-hydrogen) atoms. The molecule has 4 N–H and O–H groups in total. The summed E-state index contributed by atoms with van der Waals surface area (Å²) in [7, 11) is 3.86. The van der Waals surface area contributed by atoms with Gasteiger partial charge < -0.3 is 21.3 Å². The van der Waals surface area contributed by atoms with Gasteiger partial charge in [0.05, 0.1) is 5.56 Å². The SMILES string of the molecule is CC(CN(C)C)NC(=O)c1ccc(Nc2nc(N)c(C(=O)c3c(F)cccc3F)s2)cc1. The lowest BCUT2D eigenvalue weighted by Crippen LogP contribution is -2.39. The van der Waals surface area contributed by atoms with Gasteiger partial charge in [0.1, 0.15) is 22.3 Å². The van der Waals surface area contributed by atoms with E-state index >= 15 is 0 Å². The van der Waals surface area contributed by atoms with Crippen LogP contribution in [0.2, 0.25) is 0 Å². The summed E-state index contributed by atoms with van der Waals surface area (Å²) in [4.78, 5) is 30.9. The van der Waals surface area contributed by atoms with Gasteiger partial charge in [-0.2, -0.15) is 0 Å². The fourth-order valence-corrected chi connectivity index (χ4v) is 3.96. The molecule has 0 aliphatic heterocycles. The molecular weight excluding hydrogens is 436 g/mol. The first-order valence-electron chi connectivity index (χ1n) is 9.73. The monoisotopic (exact) mass is 459 g/mol. The molecule has 1 heterocycles. The van der Waals surface area contributed by atoms with Crippen LogP contribution in [0.25, 0.3) is 0 Å². The average Bonchev–Trinajstić information content (AvgIpc) is 3.07. The van der Waals surface area contributed by atoms with Gasteiger partial charge in [-0.15, -0.1) is 0 Å². The number of nitrogens with two attached hydrogens (primary N) is 1. The topological polar surface area (TPSA) is 100 Å². The van der Waals surface area contributed by atoms with Crippen LogP contribution in [0.1, 0.15) is 32.5 Å². The number of nitrogen functional groups attached to an aromatic ring is 1. The van der Waals surface area contributed by atoms with Gasteiger partial charge in [-0.3, -0.25) is 9.59 Å². The first-order valence-corrected chi connectivity index (χ1v) is 10.5. The molecule has 1 atom stereocenters. The Balaban J connectivity index is 1.71. The number of rotatable bonds is 8. The summed E-state index contributed by atoms with van der Waals surface area (Å²) in [5.41, 5.74) is 6.24. The summed E-state index contributed by atoms with van der Waals surface area (Å²) in [5, 5.41) is 6.18. The van der Waals surface area contributed by atoms with Gasteiger partial charge in [0, 0.05) is 23.8 Å². The van der Waals surface area contributed by atoms with E-state index in [2.05, 4.69) is 15.6 Å². The van der Waals surface area contributed by atoms with Crippen molar-refractivity contribution in [3.8, 4) is 0 Å². The van der Waals surface area contributed by atoms with Crippen LogP contribution in [0.5, 0.6) is 0 Å². The largest absolute Gasteiger partial charge is 0.382 e. The van der Waals surface area contributed by atoms with E-state index in [0.717, 1.165) is 23.5 Å². The van der Waals surface area contributed by atoms with E-state index in [1.54, 1.807) is 24.3 Å². The number of nitrogens with one attached hydrogen (secondary N) is 2. The number of benzene rings is 2. The van der Waals surface area contributed by atoms with E-state index in [1.165, 1.54) is 6.07 Å². The van der Waals surface area contributed by atoms with Crippen LogP contribution in [0, 0.1) is 11.6 Å². The van der Waals surface area contributed by atoms with Crippen molar-refractivity contribution < 1.29 is 18.4 Å². The normalized spacial score (nSPS) is 11.9. The molecule has 0 bridgehead atoms. The van der Waals surface area contributed by atoms with Gasteiger partial charge in [-0.1, -0.05) is 17.4 Å². The van der Waals surface area contributed by atoms with Crippen molar-refractivity contribution in [2.24, 2.45) is 0 Å². The van der Waals surface area contributed by atoms with Crippen LogP contribution in [0.4, 0.5) is 25.4 Å². The van der Waals surface area contributed by atoms with E-state index in [0.29, 0.717) is 17.8 Å². The van der Waals surface area contributed by atoms with Gasteiger partial charge in [0.25, 0.3) is 5.91 Å². The lowest BCUT2D eigenvalue weighted by molar-refractivity contribution is 0.0933. The molecule has 3 rings (SSSR count). The first-order chi connectivity index (χ1) is 15.2. The van der Waals surface area contributed by atoms with Crippen LogP contribution in [0.3, 0.4) is 0 Å². The zero-order valence-corrected chi connectivity index (χ0v) is 18.6. The van der Waals surface area contributed by atoms with Gasteiger partial charge in [-0.05, 0) is 57.4 Å². The third-order valence-electron chi connectivity index (χ3n) is 4.46. The standard InChI is InChI=1S/C22H23F2N5O2S/c1-12(11-29(2)3)26-21(31)13-7-9-14(10-8-13)27-22-28-20(25)19(32-22)18(30)17-15(23)5-4-6-16(17)24/h4-10,12H,11,25H2,1-3H3,(H,26,31)(H,27,28). The third-order valence-corrected chi connectivity index (χ3v) is 5.45. The van der Waals surface area contributed by atoms with E-state index in [4.69, 9.17) is 5.73 Å². The zero-order valence-electron chi connectivity index (χ0n) is 17.8. The Morgan fingerprint density at radius 2 is 1.75 bits per heavy atom. The number of anilines is 3. The van der Waals surface area contributed by atoms with Crippen LogP contribution in [-0.2, 0) is 0 Å². The number of aromatic nitrogens is 1. The van der Waals surface area contributed by atoms with Crippen LogP contribution >= 0.6 is 11.3 Å². The summed E-state index contributed by atoms with van der Waals surface area (Å²) in [6.45, 7) is 2.64. The number of thiazole rings is 1. The molecule has 0 fully saturated rings. The summed E-state index contributed by atoms with van der Waals surface area (Å²) in [5.74, 6) is -3.13. The lowest BCUT2D eigenvalue weighted by Gasteiger charge is -2.18. The van der Waals surface area contributed by atoms with Crippen molar-refractivity contribution in [3.05, 3.63) is 70.1 Å². The molecule has 1 amide bonds. The van der Waals surface area contributed by atoms with E-state index in [9.17, 15) is 18.4 Å². The van der Waals surface area contributed by atoms with Gasteiger partial charge >= 0.3 is 0 Å². The van der Waals surface area contributed by atoms with Crippen molar-refractivity contribution in [1.82, 2.24) is 15.2 Å². The van der Waals surface area contributed by atoms with E-state index in [1.807, 2.05) is 25.9 Å². The number of hydrogen-bond donors (Lipinski definition) is 3. The molecule has 0 aliphatic rings. The Labute approximate surface area is 188 Å². The number of amides is 1. The molecule has 168 valence electrons. The van der Waals surface area contributed by atoms with Gasteiger partial charge in [0.15, 0.2) is 5.13 Å². The Morgan fingerprint density at radius 3 is 2.34 bits per heavy atom. The maximum atomic E-state index is 13.9. The molecular formula is C22H23F2N5O2S. The minimum atomic E-state index is -0.967. The van der Waals surface area contributed by atoms with Crippen molar-refractivity contribution in [3.63, 3.8) is 0 Å². The summed E-state index contributed by atoms with van der Waals surface area (Å²) >= 11 is 0.885. The maximum Gasteiger partial charge on any atom is 0.251 e. The molecule has 0 saturated carbocycles. The number of carbonyl (C=O) groups excluding carboxylic acids is 2. The van der Waals surface area contributed by atoms with Crippen molar-refractivity contribution in [1.29, 1.82) is 0 Å². The number of carbonyl (C=O) groups is 2. The summed E-state index contributed by atoms with van der Waals surface area (Å²) in [6.07, 6.45) is 0. The molecule has 1 aromatic heterocycles. The van der Waals surface area contributed by atoms with Gasteiger partial charge in [0.2, 0.25) is 5.78 Å². The average molecular weight is 460 g/mol. The minimum absolute atomic E-state index is 0.0103. The Morgan fingerprint density at radius 1 is 1.12 bits per heavy atom. The summed E-state index contributed by atoms with van der Waals surface area (Å²) < 4.78 is 27.9. The number of ketones is 1. The summed E-state index contributed by atoms with van der Waals surface area (Å²) in [6, 6.07) is 9.84. The molecule has 0 spiro atoms. The second-order valence-electron chi connectivity index (χ2n) is 7.50. The second-order valence-corrected chi connectivity index (χ2v) is 8.50. The number of hydrogen-bond acceptors (Lipinski definition) is 7. The number of halogens is 2. The van der Waals surface area contributed by atoms with Crippen molar-refractivity contribution in [2.75, 3.05) is 31.7 Å². The number of likely N-dealkylation sites (N-methyl/N-ethyl adjacent to an activating group) is 1. The predicted molar refractivity (Wildman–Crippen MR) is 122 cm³/mol. The fourth-order valence-electron chi connectivity index (χ4n) is 3.11. The Kier molecular flexibility index (Phi) is 7.16. The highest BCUT2D eigenvalue weighted by atomic mass is 32.1. The Bertz CT molecular complexity index is 1110. The highest BCUT2D eigenvalue weighted by Gasteiger charge is 2.24. The number of nitrogens with zero attached hydrogens (tertiary/aromatic N) is 2. The molecule has 1 unspecified atom stereocenters. The maximum absolute atomic E-state index is 13.9. The van der Waals surface area contributed by atoms with E-state index in [-0.39, 0.29) is 27.8 Å². The fraction of sp³-hybridized carbons (Fsp3) is 0.227. The van der Waals surface area contributed by atoms with Crippen molar-refractivity contribution >= 4 is 39.7 Å². The van der Waals surface area contributed by atoms with E-state index < -0.39 is 23.0 Å². The van der Waals surface area contributed by atoms with Crippen LogP contribution in [0.15, 0.2) is 42.5 Å². The minimum Gasteiger partial charge on any atom is -0.382 e. The Hall–Kier alpha value is -3.37. The molecule has 2 aromatic carbocycles. The van der Waals surface area contributed by atoms with Crippen LogP contribution < -0.4 is 16.4 Å². The first kappa shape index (κ1) is 23.3. The molecule has 0 radical (unpaired) electrons. The lowest BCUT2D eigenvalue weighted by atomic mass is 10.1. The quantitative estimate of drug-likeness (QED) is 0.445. The van der Waals surface area contributed by atoms with Gasteiger partial charge in [-0.25, -0.2) is 13.8 Å². The second kappa shape index (κ2) is 9.84. The predicted octanol–water partition coefficient (Wildman–Crippen LogP) is 3.66. The molecule has 10 heteroatoms. The molecule has 0 saturated heterocycles.